The molecule has 0 N–H and O–H groups in total. The first-order chi connectivity index (χ1) is 8.34. The second-order valence-electron chi connectivity index (χ2n) is 4.92. The molecule has 1 aliphatic carbocycles. The fourth-order valence-electron chi connectivity index (χ4n) is 2.66. The summed E-state index contributed by atoms with van der Waals surface area (Å²) in [5, 5.41) is 0.679. The molecule has 2 heterocycles. The smallest absolute Gasteiger partial charge is 0.136 e. The van der Waals surface area contributed by atoms with Gasteiger partial charge in [0.15, 0.2) is 0 Å². The number of hydrogen-bond acceptors (Lipinski definition) is 3. The van der Waals surface area contributed by atoms with Crippen molar-refractivity contribution in [2.24, 2.45) is 0 Å². The van der Waals surface area contributed by atoms with Crippen LogP contribution in [0.25, 0.3) is 0 Å². The van der Waals surface area contributed by atoms with Crippen molar-refractivity contribution in [2.75, 3.05) is 13.2 Å². The van der Waals surface area contributed by atoms with E-state index in [9.17, 15) is 0 Å². The highest BCUT2D eigenvalue weighted by Gasteiger charge is 2.23. The van der Waals surface area contributed by atoms with Crippen LogP contribution >= 0.6 is 11.6 Å². The Hall–Kier alpha value is -0.670. The molecule has 1 unspecified atom stereocenters. The van der Waals surface area contributed by atoms with E-state index in [1.807, 2.05) is 0 Å². The monoisotopic (exact) mass is 252 g/mol. The molecule has 1 fully saturated rings. The maximum atomic E-state index is 6.31. The van der Waals surface area contributed by atoms with Gasteiger partial charge in [0.2, 0.25) is 0 Å². The highest BCUT2D eigenvalue weighted by molar-refractivity contribution is 6.30. The van der Waals surface area contributed by atoms with Gasteiger partial charge < -0.3 is 4.74 Å². The topological polar surface area (TPSA) is 35.0 Å². The van der Waals surface area contributed by atoms with Crippen LogP contribution in [0.3, 0.4) is 0 Å². The first-order valence-electron chi connectivity index (χ1n) is 6.47. The van der Waals surface area contributed by atoms with Crippen molar-refractivity contribution in [3.8, 4) is 0 Å². The molecule has 1 aliphatic heterocycles. The van der Waals surface area contributed by atoms with Crippen LogP contribution < -0.4 is 0 Å². The van der Waals surface area contributed by atoms with Gasteiger partial charge >= 0.3 is 0 Å². The van der Waals surface area contributed by atoms with Gasteiger partial charge in [0.05, 0.1) is 6.61 Å². The molecule has 0 spiro atoms. The summed E-state index contributed by atoms with van der Waals surface area (Å²) in [5.41, 5.74) is 2.37. The van der Waals surface area contributed by atoms with Crippen LogP contribution in [0.5, 0.6) is 0 Å². The van der Waals surface area contributed by atoms with Gasteiger partial charge in [0.25, 0.3) is 0 Å². The van der Waals surface area contributed by atoms with E-state index >= 15 is 0 Å². The molecular weight excluding hydrogens is 236 g/mol. The molecule has 3 nitrogen and oxygen atoms in total. The molecule has 0 radical (unpaired) electrons. The minimum Gasteiger partial charge on any atom is -0.381 e. The lowest BCUT2D eigenvalue weighted by Gasteiger charge is -2.12. The normalized spacial score (nSPS) is 24.4. The molecular formula is C13H17ClN2O. The number of hydrogen-bond donors (Lipinski definition) is 0. The Labute approximate surface area is 107 Å². The lowest BCUT2D eigenvalue weighted by atomic mass is 10.1. The maximum absolute atomic E-state index is 6.31. The van der Waals surface area contributed by atoms with Gasteiger partial charge in [0.1, 0.15) is 11.0 Å². The Morgan fingerprint density at radius 3 is 2.82 bits per heavy atom. The van der Waals surface area contributed by atoms with Crippen molar-refractivity contribution < 1.29 is 4.74 Å². The molecule has 0 bridgehead atoms. The molecule has 3 rings (SSSR count). The molecule has 1 aromatic heterocycles. The fraction of sp³-hybridized carbons (Fsp3) is 0.692. The van der Waals surface area contributed by atoms with Gasteiger partial charge in [-0.2, -0.15) is 0 Å². The van der Waals surface area contributed by atoms with E-state index in [1.54, 1.807) is 0 Å². The van der Waals surface area contributed by atoms with Crippen LogP contribution in [0.1, 0.15) is 48.7 Å². The maximum Gasteiger partial charge on any atom is 0.136 e. The minimum atomic E-state index is 0.348. The predicted octanol–water partition coefficient (Wildman–Crippen LogP) is 2.90. The van der Waals surface area contributed by atoms with Crippen LogP contribution in [0.2, 0.25) is 5.15 Å². The van der Waals surface area contributed by atoms with Gasteiger partial charge in [-0.3, -0.25) is 0 Å². The molecule has 1 aromatic rings. The molecule has 1 atom stereocenters. The zero-order valence-corrected chi connectivity index (χ0v) is 10.7. The van der Waals surface area contributed by atoms with Crippen LogP contribution in [0.4, 0.5) is 0 Å². The van der Waals surface area contributed by atoms with Crippen molar-refractivity contribution >= 4 is 11.6 Å². The molecule has 0 saturated carbocycles. The van der Waals surface area contributed by atoms with Gasteiger partial charge in [-0.25, -0.2) is 9.97 Å². The van der Waals surface area contributed by atoms with Gasteiger partial charge in [0, 0.05) is 23.8 Å². The summed E-state index contributed by atoms with van der Waals surface area (Å²) in [6.45, 7) is 1.57. The Balaban J connectivity index is 1.96. The van der Waals surface area contributed by atoms with E-state index < -0.39 is 0 Å². The molecule has 92 valence electrons. The quantitative estimate of drug-likeness (QED) is 0.569. The second kappa shape index (κ2) is 4.91. The number of rotatable bonds is 1. The summed E-state index contributed by atoms with van der Waals surface area (Å²) >= 11 is 6.31. The third-order valence-electron chi connectivity index (χ3n) is 3.69. The van der Waals surface area contributed by atoms with Crippen molar-refractivity contribution in [3.05, 3.63) is 22.2 Å². The standard InChI is InChI=1S/C13H17ClN2O/c14-12-10-4-2-1-3-5-11(10)15-13(16-12)9-6-7-17-8-9/h9H,1-8H2. The Morgan fingerprint density at radius 2 is 2.00 bits per heavy atom. The molecule has 0 amide bonds. The van der Waals surface area contributed by atoms with Crippen LogP contribution in [0.15, 0.2) is 0 Å². The first kappa shape index (κ1) is 11.4. The summed E-state index contributed by atoms with van der Waals surface area (Å²) in [5.74, 6) is 1.24. The predicted molar refractivity (Wildman–Crippen MR) is 66.5 cm³/mol. The van der Waals surface area contributed by atoms with Crippen LogP contribution in [-0.2, 0) is 17.6 Å². The summed E-state index contributed by atoms with van der Waals surface area (Å²) in [6.07, 6.45) is 6.82. The molecule has 1 saturated heterocycles. The number of ether oxygens (including phenoxy) is 1. The van der Waals surface area contributed by atoms with E-state index in [0.717, 1.165) is 38.3 Å². The second-order valence-corrected chi connectivity index (χ2v) is 5.28. The zero-order valence-electron chi connectivity index (χ0n) is 9.91. The SMILES string of the molecule is Clc1nc(C2CCOC2)nc2c1CCCCC2. The summed E-state index contributed by atoms with van der Waals surface area (Å²) in [7, 11) is 0. The van der Waals surface area contributed by atoms with E-state index in [1.165, 1.54) is 30.5 Å². The number of fused-ring (bicyclic) bond motifs is 1. The number of aryl methyl sites for hydroxylation is 1. The van der Waals surface area contributed by atoms with Crippen molar-refractivity contribution in [2.45, 2.75) is 44.4 Å². The third-order valence-corrected chi connectivity index (χ3v) is 4.01. The van der Waals surface area contributed by atoms with Gasteiger partial charge in [-0.15, -0.1) is 0 Å². The zero-order chi connectivity index (χ0) is 11.7. The Bertz CT molecular complexity index is 416. The van der Waals surface area contributed by atoms with Gasteiger partial charge in [-0.05, 0) is 32.1 Å². The van der Waals surface area contributed by atoms with Crippen molar-refractivity contribution in [1.29, 1.82) is 0 Å². The average molecular weight is 253 g/mol. The number of nitrogens with zero attached hydrogens (tertiary/aromatic N) is 2. The minimum absolute atomic E-state index is 0.348. The lowest BCUT2D eigenvalue weighted by Crippen LogP contribution is -2.09. The highest BCUT2D eigenvalue weighted by atomic mass is 35.5. The largest absolute Gasteiger partial charge is 0.381 e. The summed E-state index contributed by atoms with van der Waals surface area (Å²) in [6, 6.07) is 0. The molecule has 0 aromatic carbocycles. The molecule has 4 heteroatoms. The molecule has 2 aliphatic rings. The van der Waals surface area contributed by atoms with Crippen LogP contribution in [-0.4, -0.2) is 23.2 Å². The number of halogens is 1. The van der Waals surface area contributed by atoms with E-state index in [4.69, 9.17) is 21.3 Å². The summed E-state index contributed by atoms with van der Waals surface area (Å²) in [4.78, 5) is 9.23. The average Bonchev–Trinajstić information content (AvgIpc) is 2.75. The first-order valence-corrected chi connectivity index (χ1v) is 6.85. The lowest BCUT2D eigenvalue weighted by molar-refractivity contribution is 0.193. The fourth-order valence-corrected chi connectivity index (χ4v) is 2.95. The number of aromatic nitrogens is 2. The summed E-state index contributed by atoms with van der Waals surface area (Å²) < 4.78 is 5.40. The van der Waals surface area contributed by atoms with Crippen molar-refractivity contribution in [1.82, 2.24) is 9.97 Å². The third kappa shape index (κ3) is 2.31. The van der Waals surface area contributed by atoms with Crippen LogP contribution in [0, 0.1) is 0 Å². The van der Waals surface area contributed by atoms with E-state index in [0.29, 0.717) is 11.1 Å². The van der Waals surface area contributed by atoms with E-state index in [2.05, 4.69) is 4.98 Å². The molecule has 17 heavy (non-hydrogen) atoms. The van der Waals surface area contributed by atoms with Gasteiger partial charge in [-0.1, -0.05) is 18.0 Å². The highest BCUT2D eigenvalue weighted by Crippen LogP contribution is 2.29. The van der Waals surface area contributed by atoms with Crippen molar-refractivity contribution in [3.63, 3.8) is 0 Å². The Morgan fingerprint density at radius 1 is 1.12 bits per heavy atom. The Kier molecular flexibility index (Phi) is 3.30. The van der Waals surface area contributed by atoms with E-state index in [-0.39, 0.29) is 0 Å².